The Morgan fingerprint density at radius 2 is 1.81 bits per heavy atom. The van der Waals surface area contributed by atoms with Gasteiger partial charge < -0.3 is 19.7 Å². The molecule has 0 bridgehead atoms. The van der Waals surface area contributed by atoms with E-state index in [0.717, 1.165) is 29.8 Å². The van der Waals surface area contributed by atoms with Gasteiger partial charge in [0.15, 0.2) is 11.5 Å². The summed E-state index contributed by atoms with van der Waals surface area (Å²) in [4.78, 5) is 25.9. The van der Waals surface area contributed by atoms with Crippen LogP contribution in [-0.2, 0) is 17.9 Å². The summed E-state index contributed by atoms with van der Waals surface area (Å²) < 4.78 is 10.6. The van der Waals surface area contributed by atoms with E-state index in [1.807, 2.05) is 35.2 Å². The second-order valence-corrected chi connectivity index (χ2v) is 6.49. The molecule has 6 heteroatoms. The summed E-state index contributed by atoms with van der Waals surface area (Å²) in [7, 11) is 0. The molecular formula is C20H20N2O4. The number of nitrogens with zero attached hydrogens (tertiary/aromatic N) is 1. The van der Waals surface area contributed by atoms with Gasteiger partial charge in [-0.1, -0.05) is 18.2 Å². The first-order valence-corrected chi connectivity index (χ1v) is 8.72. The van der Waals surface area contributed by atoms with Crippen LogP contribution in [0, 0.1) is 0 Å². The van der Waals surface area contributed by atoms with Crippen molar-refractivity contribution >= 4 is 11.8 Å². The van der Waals surface area contributed by atoms with E-state index in [1.54, 1.807) is 12.1 Å². The van der Waals surface area contributed by atoms with Crippen molar-refractivity contribution in [1.82, 2.24) is 10.2 Å². The number of rotatable bonds is 5. The Balaban J connectivity index is 1.33. The van der Waals surface area contributed by atoms with E-state index in [0.29, 0.717) is 30.8 Å². The first-order valence-electron chi connectivity index (χ1n) is 8.72. The predicted octanol–water partition coefficient (Wildman–Crippen LogP) is 2.47. The SMILES string of the molecule is O=C(NCc1ccc2c(c1)OCO2)c1ccc(CN2CCCC2=O)cc1. The molecule has 0 aliphatic carbocycles. The normalized spacial score (nSPS) is 15.4. The molecule has 2 aliphatic heterocycles. The summed E-state index contributed by atoms with van der Waals surface area (Å²) in [5.74, 6) is 1.51. The van der Waals surface area contributed by atoms with Crippen LogP contribution in [0.5, 0.6) is 11.5 Å². The number of carbonyl (C=O) groups excluding carboxylic acids is 2. The van der Waals surface area contributed by atoms with Gasteiger partial charge in [0.1, 0.15) is 0 Å². The van der Waals surface area contributed by atoms with Crippen LogP contribution in [0.25, 0.3) is 0 Å². The highest BCUT2D eigenvalue weighted by Gasteiger charge is 2.20. The van der Waals surface area contributed by atoms with Gasteiger partial charge in [-0.05, 0) is 41.8 Å². The number of likely N-dealkylation sites (tertiary alicyclic amines) is 1. The monoisotopic (exact) mass is 352 g/mol. The van der Waals surface area contributed by atoms with Gasteiger partial charge in [-0.2, -0.15) is 0 Å². The van der Waals surface area contributed by atoms with Crippen molar-refractivity contribution in [3.8, 4) is 11.5 Å². The number of fused-ring (bicyclic) bond motifs is 1. The Labute approximate surface area is 151 Å². The van der Waals surface area contributed by atoms with Gasteiger partial charge in [-0.3, -0.25) is 9.59 Å². The fourth-order valence-electron chi connectivity index (χ4n) is 3.19. The van der Waals surface area contributed by atoms with Crippen LogP contribution in [0.3, 0.4) is 0 Å². The Bertz CT molecular complexity index is 832. The summed E-state index contributed by atoms with van der Waals surface area (Å²) in [5.41, 5.74) is 2.58. The summed E-state index contributed by atoms with van der Waals surface area (Å²) in [6.07, 6.45) is 1.57. The van der Waals surface area contributed by atoms with Gasteiger partial charge in [0.2, 0.25) is 12.7 Å². The molecule has 0 unspecified atom stereocenters. The molecular weight excluding hydrogens is 332 g/mol. The van der Waals surface area contributed by atoms with E-state index in [9.17, 15) is 9.59 Å². The fraction of sp³-hybridized carbons (Fsp3) is 0.300. The number of nitrogens with one attached hydrogen (secondary N) is 1. The zero-order chi connectivity index (χ0) is 17.9. The number of hydrogen-bond donors (Lipinski definition) is 1. The van der Waals surface area contributed by atoms with Crippen LogP contribution in [-0.4, -0.2) is 30.1 Å². The third kappa shape index (κ3) is 3.49. The van der Waals surface area contributed by atoms with E-state index in [4.69, 9.17) is 9.47 Å². The van der Waals surface area contributed by atoms with Crippen molar-refractivity contribution in [3.63, 3.8) is 0 Å². The quantitative estimate of drug-likeness (QED) is 0.898. The number of ether oxygens (including phenoxy) is 2. The molecule has 2 aliphatic rings. The van der Waals surface area contributed by atoms with Gasteiger partial charge in [0.05, 0.1) is 0 Å². The molecule has 2 heterocycles. The maximum Gasteiger partial charge on any atom is 0.251 e. The van der Waals surface area contributed by atoms with Crippen LogP contribution >= 0.6 is 0 Å². The van der Waals surface area contributed by atoms with Gasteiger partial charge in [-0.15, -0.1) is 0 Å². The fourth-order valence-corrected chi connectivity index (χ4v) is 3.19. The van der Waals surface area contributed by atoms with Crippen molar-refractivity contribution in [2.45, 2.75) is 25.9 Å². The molecule has 0 saturated carbocycles. The molecule has 1 N–H and O–H groups in total. The minimum absolute atomic E-state index is 0.133. The number of hydrogen-bond acceptors (Lipinski definition) is 4. The van der Waals surface area contributed by atoms with E-state index in [-0.39, 0.29) is 18.6 Å². The lowest BCUT2D eigenvalue weighted by Crippen LogP contribution is -2.24. The Hall–Kier alpha value is -3.02. The van der Waals surface area contributed by atoms with Crippen molar-refractivity contribution < 1.29 is 19.1 Å². The Kier molecular flexibility index (Phi) is 4.48. The largest absolute Gasteiger partial charge is 0.454 e. The maximum atomic E-state index is 12.3. The molecule has 0 radical (unpaired) electrons. The molecule has 2 amide bonds. The molecule has 1 saturated heterocycles. The third-order valence-electron chi connectivity index (χ3n) is 4.65. The van der Waals surface area contributed by atoms with Crippen LogP contribution in [0.2, 0.25) is 0 Å². The lowest BCUT2D eigenvalue weighted by Gasteiger charge is -2.15. The minimum atomic E-state index is -0.133. The molecule has 2 aromatic rings. The topological polar surface area (TPSA) is 67.9 Å². The molecule has 4 rings (SSSR count). The highest BCUT2D eigenvalue weighted by atomic mass is 16.7. The van der Waals surface area contributed by atoms with Gasteiger partial charge >= 0.3 is 0 Å². The van der Waals surface area contributed by atoms with Gasteiger partial charge in [-0.25, -0.2) is 0 Å². The molecule has 134 valence electrons. The predicted molar refractivity (Wildman–Crippen MR) is 94.8 cm³/mol. The smallest absolute Gasteiger partial charge is 0.251 e. The van der Waals surface area contributed by atoms with Crippen LogP contribution < -0.4 is 14.8 Å². The first-order chi connectivity index (χ1) is 12.7. The lowest BCUT2D eigenvalue weighted by molar-refractivity contribution is -0.128. The summed E-state index contributed by atoms with van der Waals surface area (Å²) in [6.45, 7) is 2.08. The number of benzene rings is 2. The van der Waals surface area contributed by atoms with Crippen molar-refractivity contribution in [1.29, 1.82) is 0 Å². The highest BCUT2D eigenvalue weighted by Crippen LogP contribution is 2.32. The molecule has 0 spiro atoms. The Morgan fingerprint density at radius 1 is 1.04 bits per heavy atom. The van der Waals surface area contributed by atoms with E-state index < -0.39 is 0 Å². The van der Waals surface area contributed by atoms with Crippen LogP contribution in [0.4, 0.5) is 0 Å². The standard InChI is InChI=1S/C20H20N2O4/c23-19-2-1-9-22(19)12-14-3-6-16(7-4-14)20(24)21-11-15-5-8-17-18(10-15)26-13-25-17/h3-8,10H,1-2,9,11-13H2,(H,21,24). The number of amides is 2. The van der Waals surface area contributed by atoms with E-state index >= 15 is 0 Å². The third-order valence-corrected chi connectivity index (χ3v) is 4.65. The van der Waals surface area contributed by atoms with Gasteiger partial charge in [0, 0.05) is 31.6 Å². The van der Waals surface area contributed by atoms with Crippen molar-refractivity contribution in [3.05, 3.63) is 59.2 Å². The highest BCUT2D eigenvalue weighted by molar-refractivity contribution is 5.94. The lowest BCUT2D eigenvalue weighted by atomic mass is 10.1. The second-order valence-electron chi connectivity index (χ2n) is 6.49. The average Bonchev–Trinajstić information content (AvgIpc) is 3.29. The molecule has 0 atom stereocenters. The van der Waals surface area contributed by atoms with E-state index in [2.05, 4.69) is 5.32 Å². The van der Waals surface area contributed by atoms with Crippen molar-refractivity contribution in [2.75, 3.05) is 13.3 Å². The van der Waals surface area contributed by atoms with E-state index in [1.165, 1.54) is 0 Å². The van der Waals surface area contributed by atoms with Crippen molar-refractivity contribution in [2.24, 2.45) is 0 Å². The first kappa shape index (κ1) is 16.4. The zero-order valence-corrected chi connectivity index (χ0v) is 14.4. The molecule has 0 aromatic heterocycles. The minimum Gasteiger partial charge on any atom is -0.454 e. The number of carbonyl (C=O) groups is 2. The summed E-state index contributed by atoms with van der Waals surface area (Å²) in [6, 6.07) is 13.0. The summed E-state index contributed by atoms with van der Waals surface area (Å²) in [5, 5.41) is 2.91. The summed E-state index contributed by atoms with van der Waals surface area (Å²) >= 11 is 0. The molecule has 6 nitrogen and oxygen atoms in total. The molecule has 26 heavy (non-hydrogen) atoms. The second kappa shape index (κ2) is 7.07. The molecule has 2 aromatic carbocycles. The Morgan fingerprint density at radius 3 is 2.58 bits per heavy atom. The average molecular weight is 352 g/mol. The molecule has 1 fully saturated rings. The van der Waals surface area contributed by atoms with Crippen LogP contribution in [0.1, 0.15) is 34.3 Å². The zero-order valence-electron chi connectivity index (χ0n) is 14.4. The maximum absolute atomic E-state index is 12.3. The van der Waals surface area contributed by atoms with Gasteiger partial charge in [0.25, 0.3) is 5.91 Å². The van der Waals surface area contributed by atoms with Crippen LogP contribution in [0.15, 0.2) is 42.5 Å².